The number of nitrogens with zero attached hydrogens (tertiary/aromatic N) is 2. The second-order valence-corrected chi connectivity index (χ2v) is 5.95. The van der Waals surface area contributed by atoms with Gasteiger partial charge in [-0.15, -0.1) is 0 Å². The molecule has 0 saturated carbocycles. The number of hydrogen-bond acceptors (Lipinski definition) is 3. The summed E-state index contributed by atoms with van der Waals surface area (Å²) in [5, 5.41) is 2.83. The summed E-state index contributed by atoms with van der Waals surface area (Å²) in [5.41, 5.74) is 0.950. The van der Waals surface area contributed by atoms with E-state index in [1.165, 1.54) is 0 Å². The summed E-state index contributed by atoms with van der Waals surface area (Å²) in [6, 6.07) is 7.19. The number of rotatable bonds is 4. The van der Waals surface area contributed by atoms with Crippen LogP contribution in [0.5, 0.6) is 0 Å². The van der Waals surface area contributed by atoms with Crippen LogP contribution in [0.15, 0.2) is 24.3 Å². The Hall–Kier alpha value is -2.37. The van der Waals surface area contributed by atoms with Crippen LogP contribution in [0.1, 0.15) is 31.4 Å². The zero-order chi connectivity index (χ0) is 16.6. The van der Waals surface area contributed by atoms with E-state index in [1.807, 2.05) is 38.1 Å². The van der Waals surface area contributed by atoms with E-state index in [1.54, 1.807) is 4.90 Å². The highest BCUT2D eigenvalue weighted by atomic mass is 16.2. The molecule has 0 bridgehead atoms. The number of nitrogens with one attached hydrogen (secondary N) is 1. The largest absolute Gasteiger partial charge is 0.342 e. The van der Waals surface area contributed by atoms with E-state index in [0.717, 1.165) is 22.4 Å². The van der Waals surface area contributed by atoms with Crippen LogP contribution < -0.4 is 5.32 Å². The Labute approximate surface area is 135 Å². The molecule has 1 aliphatic carbocycles. The maximum absolute atomic E-state index is 12.9. The Morgan fingerprint density at radius 1 is 1.26 bits per heavy atom. The molecule has 1 aromatic rings. The molecule has 6 nitrogen and oxygen atoms in total. The lowest BCUT2D eigenvalue weighted by atomic mass is 9.92. The normalized spacial score (nSPS) is 22.4. The Kier molecular flexibility index (Phi) is 3.83. The fraction of sp³-hybridized carbons (Fsp3) is 0.471. The summed E-state index contributed by atoms with van der Waals surface area (Å²) in [4.78, 5) is 40.2. The number of urea groups is 1. The van der Waals surface area contributed by atoms with Crippen molar-refractivity contribution in [3.63, 3.8) is 0 Å². The maximum Gasteiger partial charge on any atom is 0.325 e. The Morgan fingerprint density at radius 3 is 2.65 bits per heavy atom. The van der Waals surface area contributed by atoms with Gasteiger partial charge < -0.3 is 10.2 Å². The highest BCUT2D eigenvalue weighted by Gasteiger charge is 2.55. The van der Waals surface area contributed by atoms with Crippen LogP contribution >= 0.6 is 0 Å². The van der Waals surface area contributed by atoms with Crippen molar-refractivity contribution in [1.82, 2.24) is 15.1 Å². The maximum atomic E-state index is 12.9. The average Bonchev–Trinajstić information content (AvgIpc) is 3.03. The quantitative estimate of drug-likeness (QED) is 0.850. The molecule has 1 N–H and O–H groups in total. The van der Waals surface area contributed by atoms with Crippen molar-refractivity contribution in [3.05, 3.63) is 35.4 Å². The first-order chi connectivity index (χ1) is 11.0. The van der Waals surface area contributed by atoms with Gasteiger partial charge in [0.15, 0.2) is 0 Å². The van der Waals surface area contributed by atoms with Gasteiger partial charge in [0.2, 0.25) is 5.91 Å². The molecule has 1 saturated heterocycles. The van der Waals surface area contributed by atoms with E-state index >= 15 is 0 Å². The molecule has 1 fully saturated rings. The van der Waals surface area contributed by atoms with Gasteiger partial charge in [-0.25, -0.2) is 4.79 Å². The van der Waals surface area contributed by atoms with Gasteiger partial charge in [0.1, 0.15) is 12.1 Å². The molecule has 1 aromatic carbocycles. The minimum Gasteiger partial charge on any atom is -0.342 e. The van der Waals surface area contributed by atoms with Gasteiger partial charge in [0.25, 0.3) is 5.91 Å². The summed E-state index contributed by atoms with van der Waals surface area (Å²) in [6.45, 7) is 4.68. The third-order valence-electron chi connectivity index (χ3n) is 4.83. The Balaban J connectivity index is 1.86. The standard InChI is InChI=1S/C17H21N3O3/c1-3-19(4-2)14(21)11-20-15(22)17(18-16(20)23)10-9-12-7-5-6-8-13(12)17/h5-8H,3-4,9-11H2,1-2H3,(H,18,23)/t17-/m1/s1. The first-order valence-electron chi connectivity index (χ1n) is 8.03. The minimum absolute atomic E-state index is 0.198. The van der Waals surface area contributed by atoms with Crippen molar-refractivity contribution in [2.75, 3.05) is 19.6 Å². The van der Waals surface area contributed by atoms with Crippen molar-refractivity contribution in [2.45, 2.75) is 32.2 Å². The van der Waals surface area contributed by atoms with Crippen LogP contribution in [0.3, 0.4) is 0 Å². The monoisotopic (exact) mass is 315 g/mol. The fourth-order valence-corrected chi connectivity index (χ4v) is 3.54. The zero-order valence-corrected chi connectivity index (χ0v) is 13.5. The number of imide groups is 1. The second-order valence-electron chi connectivity index (χ2n) is 5.95. The average molecular weight is 315 g/mol. The van der Waals surface area contributed by atoms with Crippen LogP contribution in [0.25, 0.3) is 0 Å². The number of fused-ring (bicyclic) bond motifs is 2. The van der Waals surface area contributed by atoms with Crippen molar-refractivity contribution in [1.29, 1.82) is 0 Å². The molecular weight excluding hydrogens is 294 g/mol. The van der Waals surface area contributed by atoms with Gasteiger partial charge in [0.05, 0.1) is 0 Å². The third kappa shape index (κ3) is 2.29. The molecule has 3 rings (SSSR count). The molecule has 0 radical (unpaired) electrons. The number of carbonyl (C=O) groups is 3. The summed E-state index contributed by atoms with van der Waals surface area (Å²) in [6.07, 6.45) is 1.30. The lowest BCUT2D eigenvalue weighted by Gasteiger charge is -2.24. The van der Waals surface area contributed by atoms with Crippen LogP contribution in [-0.2, 0) is 21.5 Å². The number of carbonyl (C=O) groups excluding carboxylic acids is 3. The van der Waals surface area contributed by atoms with Gasteiger partial charge in [-0.1, -0.05) is 24.3 Å². The number of hydrogen-bond donors (Lipinski definition) is 1. The van der Waals surface area contributed by atoms with E-state index in [4.69, 9.17) is 0 Å². The van der Waals surface area contributed by atoms with Crippen LogP contribution in [0.2, 0.25) is 0 Å². The minimum atomic E-state index is -0.989. The van der Waals surface area contributed by atoms with Crippen molar-refractivity contribution >= 4 is 17.8 Å². The van der Waals surface area contributed by atoms with E-state index < -0.39 is 11.6 Å². The summed E-state index contributed by atoms with van der Waals surface area (Å²) in [7, 11) is 0. The molecule has 4 amide bonds. The smallest absolute Gasteiger partial charge is 0.325 e. The molecule has 23 heavy (non-hydrogen) atoms. The molecule has 2 aliphatic rings. The van der Waals surface area contributed by atoms with Gasteiger partial charge in [-0.05, 0) is 37.8 Å². The highest BCUT2D eigenvalue weighted by Crippen LogP contribution is 2.41. The predicted molar refractivity (Wildman–Crippen MR) is 84.6 cm³/mol. The molecule has 0 unspecified atom stereocenters. The molecule has 1 aliphatic heterocycles. The van der Waals surface area contributed by atoms with E-state index in [2.05, 4.69) is 5.32 Å². The molecule has 1 heterocycles. The Bertz CT molecular complexity index is 669. The topological polar surface area (TPSA) is 69.7 Å². The van der Waals surface area contributed by atoms with Crippen LogP contribution in [0, 0.1) is 0 Å². The van der Waals surface area contributed by atoms with Crippen molar-refractivity contribution < 1.29 is 14.4 Å². The molecule has 1 atom stereocenters. The fourth-order valence-electron chi connectivity index (χ4n) is 3.54. The van der Waals surface area contributed by atoms with Gasteiger partial charge >= 0.3 is 6.03 Å². The molecule has 122 valence electrons. The molecular formula is C17H21N3O3. The van der Waals surface area contributed by atoms with E-state index in [9.17, 15) is 14.4 Å². The van der Waals surface area contributed by atoms with Gasteiger partial charge in [0, 0.05) is 13.1 Å². The molecule has 1 spiro atoms. The van der Waals surface area contributed by atoms with E-state index in [-0.39, 0.29) is 18.4 Å². The lowest BCUT2D eigenvalue weighted by Crippen LogP contribution is -2.44. The van der Waals surface area contributed by atoms with Crippen molar-refractivity contribution in [3.8, 4) is 0 Å². The predicted octanol–water partition coefficient (Wildman–Crippen LogP) is 1.25. The lowest BCUT2D eigenvalue weighted by molar-refractivity contribution is -0.139. The first-order valence-corrected chi connectivity index (χ1v) is 8.03. The van der Waals surface area contributed by atoms with Gasteiger partial charge in [-0.2, -0.15) is 0 Å². The SMILES string of the molecule is CCN(CC)C(=O)CN1C(=O)N[C@@]2(CCc3ccccc32)C1=O. The zero-order valence-electron chi connectivity index (χ0n) is 13.5. The first kappa shape index (κ1) is 15.5. The van der Waals surface area contributed by atoms with E-state index in [0.29, 0.717) is 19.5 Å². The second kappa shape index (κ2) is 5.68. The number of aryl methyl sites for hydroxylation is 1. The number of likely N-dealkylation sites (N-methyl/N-ethyl adjacent to an activating group) is 1. The van der Waals surface area contributed by atoms with Gasteiger partial charge in [-0.3, -0.25) is 14.5 Å². The van der Waals surface area contributed by atoms with Crippen LogP contribution in [-0.4, -0.2) is 47.3 Å². The summed E-state index contributed by atoms with van der Waals surface area (Å²) >= 11 is 0. The summed E-state index contributed by atoms with van der Waals surface area (Å²) in [5.74, 6) is -0.519. The van der Waals surface area contributed by atoms with Crippen molar-refractivity contribution in [2.24, 2.45) is 0 Å². The highest BCUT2D eigenvalue weighted by molar-refractivity contribution is 6.09. The number of benzene rings is 1. The summed E-state index contributed by atoms with van der Waals surface area (Å²) < 4.78 is 0. The number of amides is 4. The molecule has 6 heteroatoms. The third-order valence-corrected chi connectivity index (χ3v) is 4.83. The Morgan fingerprint density at radius 2 is 1.96 bits per heavy atom. The molecule has 0 aromatic heterocycles. The van der Waals surface area contributed by atoms with Crippen LogP contribution in [0.4, 0.5) is 4.79 Å².